The molecule has 3 aromatic rings. The number of anilines is 1. The zero-order chi connectivity index (χ0) is 27.8. The second kappa shape index (κ2) is 9.98. The van der Waals surface area contributed by atoms with E-state index in [1.54, 1.807) is 19.1 Å². The normalized spacial score (nSPS) is 15.0. The van der Waals surface area contributed by atoms with Gasteiger partial charge in [0.15, 0.2) is 0 Å². The van der Waals surface area contributed by atoms with Crippen molar-refractivity contribution in [1.82, 2.24) is 5.32 Å². The Hall–Kier alpha value is -4.71. The lowest BCUT2D eigenvalue weighted by Crippen LogP contribution is -2.54. The average Bonchev–Trinajstić information content (AvgIpc) is 2.84. The number of nitro groups is 1. The molecule has 1 fully saturated rings. The molecule has 0 aromatic heterocycles. The van der Waals surface area contributed by atoms with Crippen LogP contribution in [0.5, 0.6) is 11.5 Å². The quantitative estimate of drug-likeness (QED) is 0.181. The van der Waals surface area contributed by atoms with Gasteiger partial charge in [0, 0.05) is 16.7 Å². The Morgan fingerprint density at radius 1 is 1.03 bits per heavy atom. The van der Waals surface area contributed by atoms with Gasteiger partial charge in [-0.25, -0.2) is 9.69 Å². The van der Waals surface area contributed by atoms with E-state index in [9.17, 15) is 37.7 Å². The highest BCUT2D eigenvalue weighted by molar-refractivity contribution is 6.39. The van der Waals surface area contributed by atoms with Crippen LogP contribution in [0.4, 0.5) is 29.3 Å². The lowest BCUT2D eigenvalue weighted by atomic mass is 10.0. The number of rotatable bonds is 5. The number of hydrogen-bond acceptors (Lipinski definition) is 6. The predicted octanol–water partition coefficient (Wildman–Crippen LogP) is 6.03. The van der Waals surface area contributed by atoms with E-state index in [1.165, 1.54) is 30.3 Å². The third-order valence-corrected chi connectivity index (χ3v) is 5.67. The molecule has 0 bridgehead atoms. The van der Waals surface area contributed by atoms with E-state index in [4.69, 9.17) is 16.3 Å². The number of halogens is 4. The second-order valence-corrected chi connectivity index (χ2v) is 8.40. The van der Waals surface area contributed by atoms with Crippen LogP contribution in [0.25, 0.3) is 6.08 Å². The molecule has 0 atom stereocenters. The maximum absolute atomic E-state index is 13.3. The highest BCUT2D eigenvalue weighted by Crippen LogP contribution is 2.39. The largest absolute Gasteiger partial charge is 0.449 e. The van der Waals surface area contributed by atoms with Gasteiger partial charge >= 0.3 is 17.9 Å². The summed E-state index contributed by atoms with van der Waals surface area (Å²) in [5, 5.41) is 13.7. The maximum Gasteiger partial charge on any atom is 0.416 e. The summed E-state index contributed by atoms with van der Waals surface area (Å²) in [5.74, 6) is -2.59. The number of ether oxygens (including phenoxy) is 1. The highest BCUT2D eigenvalue weighted by Gasteiger charge is 2.38. The van der Waals surface area contributed by atoms with Gasteiger partial charge in [-0.2, -0.15) is 13.2 Å². The molecule has 0 aliphatic carbocycles. The molecule has 1 aliphatic rings. The van der Waals surface area contributed by atoms with Crippen molar-refractivity contribution in [3.63, 3.8) is 0 Å². The van der Waals surface area contributed by atoms with Crippen LogP contribution >= 0.6 is 11.6 Å². The smallest absolute Gasteiger partial charge is 0.416 e. The summed E-state index contributed by atoms with van der Waals surface area (Å²) in [5.41, 5.74) is -1.91. The summed E-state index contributed by atoms with van der Waals surface area (Å²) in [7, 11) is 0. The Morgan fingerprint density at radius 2 is 1.74 bits per heavy atom. The van der Waals surface area contributed by atoms with Crippen molar-refractivity contribution in [2.75, 3.05) is 4.90 Å². The number of benzene rings is 3. The van der Waals surface area contributed by atoms with Gasteiger partial charge in [0.25, 0.3) is 11.8 Å². The van der Waals surface area contributed by atoms with Gasteiger partial charge in [-0.1, -0.05) is 35.9 Å². The van der Waals surface area contributed by atoms with Crippen LogP contribution in [-0.2, 0) is 15.8 Å². The minimum Gasteiger partial charge on any atom is -0.449 e. The van der Waals surface area contributed by atoms with Crippen LogP contribution in [-0.4, -0.2) is 22.8 Å². The van der Waals surface area contributed by atoms with Gasteiger partial charge in [-0.15, -0.1) is 0 Å². The van der Waals surface area contributed by atoms with Crippen LogP contribution in [0.1, 0.15) is 16.7 Å². The first-order valence-corrected chi connectivity index (χ1v) is 11.0. The lowest BCUT2D eigenvalue weighted by Gasteiger charge is -2.27. The number of urea groups is 1. The number of nitrogens with zero attached hydrogens (tertiary/aromatic N) is 2. The first-order valence-electron chi connectivity index (χ1n) is 10.7. The van der Waals surface area contributed by atoms with E-state index in [0.717, 1.165) is 17.0 Å². The summed E-state index contributed by atoms with van der Waals surface area (Å²) in [4.78, 5) is 49.5. The third-order valence-electron chi connectivity index (χ3n) is 5.44. The van der Waals surface area contributed by atoms with E-state index >= 15 is 0 Å². The van der Waals surface area contributed by atoms with Crippen molar-refractivity contribution in [1.29, 1.82) is 0 Å². The zero-order valence-corrected chi connectivity index (χ0v) is 20.0. The molecule has 13 heteroatoms. The Bertz CT molecular complexity index is 1540. The molecule has 1 heterocycles. The van der Waals surface area contributed by atoms with Crippen LogP contribution in [0.2, 0.25) is 5.02 Å². The van der Waals surface area contributed by atoms with E-state index in [2.05, 4.69) is 5.32 Å². The molecule has 4 rings (SSSR count). The Labute approximate surface area is 217 Å². The lowest BCUT2D eigenvalue weighted by molar-refractivity contribution is -0.385. The van der Waals surface area contributed by atoms with Gasteiger partial charge in [0.1, 0.15) is 11.3 Å². The summed E-state index contributed by atoms with van der Waals surface area (Å²) in [6.45, 7) is 1.63. The molecule has 3 aromatic carbocycles. The number of aryl methyl sites for hydroxylation is 1. The van der Waals surface area contributed by atoms with Crippen LogP contribution in [0, 0.1) is 17.0 Å². The third kappa shape index (κ3) is 5.20. The minimum atomic E-state index is -4.81. The van der Waals surface area contributed by atoms with Crippen molar-refractivity contribution < 1.29 is 37.2 Å². The van der Waals surface area contributed by atoms with Crippen molar-refractivity contribution in [2.24, 2.45) is 0 Å². The fourth-order valence-electron chi connectivity index (χ4n) is 3.59. The van der Waals surface area contributed by atoms with Crippen molar-refractivity contribution in [3.05, 3.63) is 98.1 Å². The van der Waals surface area contributed by atoms with E-state index in [1.807, 2.05) is 0 Å². The summed E-state index contributed by atoms with van der Waals surface area (Å²) >= 11 is 6.02. The molecule has 38 heavy (non-hydrogen) atoms. The van der Waals surface area contributed by atoms with Gasteiger partial charge in [-0.05, 0) is 48.9 Å². The topological polar surface area (TPSA) is 119 Å². The fraction of sp³-hybridized carbons (Fsp3) is 0.0800. The number of hydrogen-bond donors (Lipinski definition) is 1. The first kappa shape index (κ1) is 26.4. The number of imide groups is 2. The summed E-state index contributed by atoms with van der Waals surface area (Å²) in [6.07, 6.45) is -3.72. The second-order valence-electron chi connectivity index (χ2n) is 7.97. The number of alkyl halides is 3. The minimum absolute atomic E-state index is 0.0808. The molecular formula is C25H15ClF3N3O6. The molecule has 1 aliphatic heterocycles. The molecule has 4 amide bonds. The fourth-order valence-corrected chi connectivity index (χ4v) is 3.76. The van der Waals surface area contributed by atoms with Crippen LogP contribution < -0.4 is 15.0 Å². The van der Waals surface area contributed by atoms with Gasteiger partial charge in [0.2, 0.25) is 5.75 Å². The molecule has 0 unspecified atom stereocenters. The van der Waals surface area contributed by atoms with Gasteiger partial charge in [-0.3, -0.25) is 25.0 Å². The Morgan fingerprint density at radius 3 is 2.42 bits per heavy atom. The number of carbonyl (C=O) groups is 3. The summed E-state index contributed by atoms with van der Waals surface area (Å²) < 4.78 is 44.7. The molecule has 0 spiro atoms. The summed E-state index contributed by atoms with van der Waals surface area (Å²) in [6, 6.07) is 11.0. The monoisotopic (exact) mass is 545 g/mol. The molecule has 1 saturated heterocycles. The molecule has 9 nitrogen and oxygen atoms in total. The molecule has 194 valence electrons. The van der Waals surface area contributed by atoms with Crippen molar-refractivity contribution in [2.45, 2.75) is 13.1 Å². The number of nitro benzene ring substituents is 1. The zero-order valence-electron chi connectivity index (χ0n) is 19.2. The number of barbiturate groups is 1. The molecule has 1 N–H and O–H groups in total. The Kier molecular flexibility index (Phi) is 6.92. The van der Waals surface area contributed by atoms with E-state index < -0.39 is 51.5 Å². The standard InChI is InChI=1S/C25H15ClF3N3O6/c1-13-6-8-16(26)12-18(13)31-23(34)17(22(33)30-24(31)35)10-14-4-2-3-5-20(14)38-21-9-7-15(25(27,28)29)11-19(21)32(36)37/h2-12H,1H3,(H,30,33,35)/b17-10+. The van der Waals surface area contributed by atoms with Crippen molar-refractivity contribution >= 4 is 46.9 Å². The van der Waals surface area contributed by atoms with Crippen LogP contribution in [0.3, 0.4) is 0 Å². The number of para-hydroxylation sites is 1. The average molecular weight is 546 g/mol. The maximum atomic E-state index is 13.3. The highest BCUT2D eigenvalue weighted by atomic mass is 35.5. The Balaban J connectivity index is 1.75. The first-order chi connectivity index (χ1) is 17.9. The SMILES string of the molecule is Cc1ccc(Cl)cc1N1C(=O)NC(=O)/C(=C\c2ccccc2Oc2ccc(C(F)(F)F)cc2[N+](=O)[O-])C1=O. The number of nitrogens with one attached hydrogen (secondary N) is 1. The van der Waals surface area contributed by atoms with E-state index in [0.29, 0.717) is 17.7 Å². The number of carbonyl (C=O) groups excluding carboxylic acids is 3. The van der Waals surface area contributed by atoms with E-state index in [-0.39, 0.29) is 22.0 Å². The molecule has 0 saturated carbocycles. The van der Waals surface area contributed by atoms with Crippen LogP contribution in [0.15, 0.2) is 66.2 Å². The van der Waals surface area contributed by atoms with Gasteiger partial charge < -0.3 is 4.74 Å². The van der Waals surface area contributed by atoms with Crippen molar-refractivity contribution in [3.8, 4) is 11.5 Å². The molecule has 0 radical (unpaired) electrons. The predicted molar refractivity (Wildman–Crippen MR) is 130 cm³/mol. The van der Waals surface area contributed by atoms with Gasteiger partial charge in [0.05, 0.1) is 16.2 Å². The molecular weight excluding hydrogens is 531 g/mol. The number of amides is 4.